The lowest BCUT2D eigenvalue weighted by Gasteiger charge is -2.29. The van der Waals surface area contributed by atoms with Gasteiger partial charge in [-0.2, -0.15) is 11.8 Å². The predicted molar refractivity (Wildman–Crippen MR) is 58.4 cm³/mol. The van der Waals surface area contributed by atoms with E-state index in [1.54, 1.807) is 0 Å². The van der Waals surface area contributed by atoms with Crippen molar-refractivity contribution in [3.05, 3.63) is 0 Å². The summed E-state index contributed by atoms with van der Waals surface area (Å²) in [6.07, 6.45) is 1.13. The van der Waals surface area contributed by atoms with Gasteiger partial charge < -0.3 is 10.5 Å². The Hall–Kier alpha value is -0.260. The molecule has 1 heterocycles. The van der Waals surface area contributed by atoms with E-state index in [9.17, 15) is 4.79 Å². The number of thioether (sulfide) groups is 1. The monoisotopic (exact) mass is 218 g/mol. The van der Waals surface area contributed by atoms with Gasteiger partial charge in [-0.05, 0) is 19.2 Å². The van der Waals surface area contributed by atoms with Crippen molar-refractivity contribution >= 4 is 17.7 Å². The standard InChI is InChI=1S/C9H18N2O2S/c1-11(7-3-4-14-6-7)8(5-10)9(12)13-2/h7-8H,3-6,10H2,1-2H3. The second-order valence-corrected chi connectivity index (χ2v) is 4.61. The van der Waals surface area contributed by atoms with Crippen LogP contribution < -0.4 is 5.73 Å². The molecule has 0 aromatic carbocycles. The number of nitrogens with zero attached hydrogens (tertiary/aromatic N) is 1. The highest BCUT2D eigenvalue weighted by Gasteiger charge is 2.29. The number of esters is 1. The van der Waals surface area contributed by atoms with Gasteiger partial charge in [-0.1, -0.05) is 0 Å². The van der Waals surface area contributed by atoms with Crippen LogP contribution in [0.5, 0.6) is 0 Å². The van der Waals surface area contributed by atoms with Gasteiger partial charge in [0.15, 0.2) is 0 Å². The highest BCUT2D eigenvalue weighted by Crippen LogP contribution is 2.22. The van der Waals surface area contributed by atoms with Gasteiger partial charge in [0.25, 0.3) is 0 Å². The summed E-state index contributed by atoms with van der Waals surface area (Å²) < 4.78 is 4.72. The van der Waals surface area contributed by atoms with Crippen molar-refractivity contribution in [2.75, 3.05) is 32.2 Å². The lowest BCUT2D eigenvalue weighted by molar-refractivity contribution is -0.146. The first-order chi connectivity index (χ1) is 6.70. The fourth-order valence-electron chi connectivity index (χ4n) is 1.66. The largest absolute Gasteiger partial charge is 0.468 e. The van der Waals surface area contributed by atoms with Gasteiger partial charge in [-0.15, -0.1) is 0 Å². The van der Waals surface area contributed by atoms with Gasteiger partial charge in [0, 0.05) is 18.3 Å². The third-order valence-corrected chi connectivity index (χ3v) is 3.81. The lowest BCUT2D eigenvalue weighted by Crippen LogP contribution is -2.49. The van der Waals surface area contributed by atoms with Crippen molar-refractivity contribution in [1.29, 1.82) is 0 Å². The number of rotatable bonds is 4. The number of hydrogen-bond acceptors (Lipinski definition) is 5. The molecule has 2 N–H and O–H groups in total. The molecule has 1 aliphatic heterocycles. The number of likely N-dealkylation sites (N-methyl/N-ethyl adjacent to an activating group) is 1. The number of nitrogens with two attached hydrogens (primary N) is 1. The number of methoxy groups -OCH3 is 1. The van der Waals surface area contributed by atoms with E-state index in [4.69, 9.17) is 10.5 Å². The quantitative estimate of drug-likeness (QED) is 0.669. The van der Waals surface area contributed by atoms with E-state index in [0.29, 0.717) is 12.6 Å². The molecular weight excluding hydrogens is 200 g/mol. The first kappa shape index (κ1) is 11.8. The van der Waals surface area contributed by atoms with E-state index < -0.39 is 0 Å². The maximum Gasteiger partial charge on any atom is 0.324 e. The zero-order valence-corrected chi connectivity index (χ0v) is 9.55. The smallest absolute Gasteiger partial charge is 0.324 e. The molecule has 0 aromatic heterocycles. The van der Waals surface area contributed by atoms with Crippen LogP contribution in [0.25, 0.3) is 0 Å². The summed E-state index contributed by atoms with van der Waals surface area (Å²) >= 11 is 1.92. The normalized spacial score (nSPS) is 23.9. The van der Waals surface area contributed by atoms with Crippen LogP contribution in [-0.4, -0.2) is 55.2 Å². The molecular formula is C9H18N2O2S. The molecule has 0 aliphatic carbocycles. The van der Waals surface area contributed by atoms with Crippen LogP contribution in [-0.2, 0) is 9.53 Å². The summed E-state index contributed by atoms with van der Waals surface area (Å²) in [6, 6.07) is 0.177. The third kappa shape index (κ3) is 2.62. The van der Waals surface area contributed by atoms with E-state index in [-0.39, 0.29) is 12.0 Å². The van der Waals surface area contributed by atoms with Crippen molar-refractivity contribution in [3.63, 3.8) is 0 Å². The molecule has 1 fully saturated rings. The summed E-state index contributed by atoms with van der Waals surface area (Å²) in [7, 11) is 3.35. The minimum atomic E-state index is -0.288. The average molecular weight is 218 g/mol. The van der Waals surface area contributed by atoms with Gasteiger partial charge >= 0.3 is 5.97 Å². The molecule has 1 aliphatic rings. The molecule has 2 unspecified atom stereocenters. The maximum absolute atomic E-state index is 11.4. The molecule has 0 saturated carbocycles. The molecule has 0 radical (unpaired) electrons. The first-order valence-electron chi connectivity index (χ1n) is 4.78. The zero-order valence-electron chi connectivity index (χ0n) is 8.73. The van der Waals surface area contributed by atoms with E-state index in [0.717, 1.165) is 12.2 Å². The second kappa shape index (κ2) is 5.58. The molecule has 0 amide bonds. The Labute approximate surface area is 89.2 Å². The maximum atomic E-state index is 11.4. The fraction of sp³-hybridized carbons (Fsp3) is 0.889. The third-order valence-electron chi connectivity index (χ3n) is 2.67. The Morgan fingerprint density at radius 2 is 2.50 bits per heavy atom. The van der Waals surface area contributed by atoms with Crippen molar-refractivity contribution in [2.45, 2.75) is 18.5 Å². The summed E-state index contributed by atoms with van der Waals surface area (Å²) in [5.74, 6) is 2.03. The highest BCUT2D eigenvalue weighted by molar-refractivity contribution is 7.99. The minimum Gasteiger partial charge on any atom is -0.468 e. The van der Waals surface area contributed by atoms with Crippen molar-refractivity contribution < 1.29 is 9.53 Å². The molecule has 0 spiro atoms. The number of hydrogen-bond donors (Lipinski definition) is 1. The molecule has 0 aromatic rings. The molecule has 2 atom stereocenters. The number of carbonyl (C=O) groups excluding carboxylic acids is 1. The molecule has 0 bridgehead atoms. The van der Waals surface area contributed by atoms with Crippen LogP contribution >= 0.6 is 11.8 Å². The number of ether oxygens (including phenoxy) is 1. The summed E-state index contributed by atoms with van der Waals surface area (Å²) in [4.78, 5) is 13.4. The molecule has 1 saturated heterocycles. The minimum absolute atomic E-state index is 0.230. The van der Waals surface area contributed by atoms with Gasteiger partial charge in [0.05, 0.1) is 7.11 Å². The summed E-state index contributed by atoms with van der Waals surface area (Å²) in [5, 5.41) is 0. The van der Waals surface area contributed by atoms with Gasteiger partial charge in [-0.3, -0.25) is 9.69 Å². The van der Waals surface area contributed by atoms with E-state index >= 15 is 0 Å². The summed E-state index contributed by atoms with van der Waals surface area (Å²) in [6.45, 7) is 0.324. The van der Waals surface area contributed by atoms with Crippen molar-refractivity contribution in [1.82, 2.24) is 4.90 Å². The second-order valence-electron chi connectivity index (χ2n) is 3.46. The van der Waals surface area contributed by atoms with Crippen molar-refractivity contribution in [3.8, 4) is 0 Å². The van der Waals surface area contributed by atoms with Crippen LogP contribution in [0.3, 0.4) is 0 Å². The average Bonchev–Trinajstić information content (AvgIpc) is 2.71. The Kier molecular flexibility index (Phi) is 4.71. The Balaban J connectivity index is 2.54. The molecule has 14 heavy (non-hydrogen) atoms. The van der Waals surface area contributed by atoms with E-state index in [2.05, 4.69) is 0 Å². The van der Waals surface area contributed by atoms with Crippen LogP contribution in [0, 0.1) is 0 Å². The number of carbonyl (C=O) groups is 1. The van der Waals surface area contributed by atoms with Gasteiger partial charge in [-0.25, -0.2) is 0 Å². The van der Waals surface area contributed by atoms with Crippen LogP contribution in [0.4, 0.5) is 0 Å². The predicted octanol–water partition coefficient (Wildman–Crippen LogP) is -0.0760. The topological polar surface area (TPSA) is 55.6 Å². The zero-order chi connectivity index (χ0) is 10.6. The SMILES string of the molecule is COC(=O)C(CN)N(C)C1CCSC1. The molecule has 4 nitrogen and oxygen atoms in total. The van der Waals surface area contributed by atoms with Crippen LogP contribution in [0.15, 0.2) is 0 Å². The lowest BCUT2D eigenvalue weighted by atomic mass is 10.1. The molecule has 1 rings (SSSR count). The van der Waals surface area contributed by atoms with Gasteiger partial charge in [0.2, 0.25) is 0 Å². The fourth-order valence-corrected chi connectivity index (χ4v) is 2.94. The van der Waals surface area contributed by atoms with Crippen LogP contribution in [0.1, 0.15) is 6.42 Å². The molecule has 82 valence electrons. The Bertz CT molecular complexity index is 195. The first-order valence-corrected chi connectivity index (χ1v) is 5.93. The highest BCUT2D eigenvalue weighted by atomic mass is 32.2. The Morgan fingerprint density at radius 3 is 2.93 bits per heavy atom. The van der Waals surface area contributed by atoms with E-state index in [1.165, 1.54) is 12.9 Å². The van der Waals surface area contributed by atoms with Crippen LogP contribution in [0.2, 0.25) is 0 Å². The summed E-state index contributed by atoms with van der Waals surface area (Å²) in [5.41, 5.74) is 5.57. The van der Waals surface area contributed by atoms with E-state index in [1.807, 2.05) is 23.7 Å². The Morgan fingerprint density at radius 1 is 1.79 bits per heavy atom. The van der Waals surface area contributed by atoms with Crippen molar-refractivity contribution in [2.24, 2.45) is 5.73 Å². The van der Waals surface area contributed by atoms with Gasteiger partial charge in [0.1, 0.15) is 6.04 Å². The molecule has 5 heteroatoms.